The highest BCUT2D eigenvalue weighted by atomic mass is 16.4. The molecule has 108 valence electrons. The number of rotatable bonds is 6. The molecule has 0 aromatic rings. The van der Waals surface area contributed by atoms with E-state index in [1.165, 1.54) is 0 Å². The highest BCUT2D eigenvalue weighted by Gasteiger charge is 2.31. The second kappa shape index (κ2) is 9.70. The molecule has 0 saturated carbocycles. The fourth-order valence-electron chi connectivity index (χ4n) is 0.652. The van der Waals surface area contributed by atoms with Crippen molar-refractivity contribution in [2.75, 3.05) is 13.1 Å². The van der Waals surface area contributed by atoms with Crippen molar-refractivity contribution < 1.29 is 51.7 Å². The van der Waals surface area contributed by atoms with Crippen molar-refractivity contribution in [1.29, 1.82) is 0 Å². The summed E-state index contributed by atoms with van der Waals surface area (Å²) in [5, 5.41) is 54.7. The molecule has 10 heteroatoms. The Morgan fingerprint density at radius 2 is 1.06 bits per heavy atom. The lowest BCUT2D eigenvalue weighted by Crippen LogP contribution is -2.64. The summed E-state index contributed by atoms with van der Waals surface area (Å²) in [5.41, 5.74) is 7.08. The van der Waals surface area contributed by atoms with Crippen LogP contribution in [-0.4, -0.2) is 69.9 Å². The van der Waals surface area contributed by atoms with Gasteiger partial charge in [0.15, 0.2) is 0 Å². The van der Waals surface area contributed by atoms with Gasteiger partial charge in [0.25, 0.3) is 0 Å². The smallest absolute Gasteiger partial charge is 0.124 e. The first-order valence-corrected chi connectivity index (χ1v) is 4.93. The lowest BCUT2D eigenvalue weighted by atomic mass is 10.0. The number of hydrogen-bond acceptors (Lipinski definition) is 8. The molecule has 0 aliphatic rings. The number of carboxylic acid groups (broad SMARTS) is 2. The van der Waals surface area contributed by atoms with Gasteiger partial charge in [-0.05, 0) is 0 Å². The van der Waals surface area contributed by atoms with Crippen molar-refractivity contribution in [1.82, 2.24) is 0 Å². The minimum atomic E-state index is -2.50. The van der Waals surface area contributed by atoms with Crippen LogP contribution in [-0.2, 0) is 9.59 Å². The van der Waals surface area contributed by atoms with Crippen molar-refractivity contribution in [2.45, 2.75) is 24.4 Å². The maximum atomic E-state index is 9.96. The average molecular weight is 270 g/mol. The first-order chi connectivity index (χ1) is 8.20. The Morgan fingerprint density at radius 3 is 1.17 bits per heavy atom. The van der Waals surface area contributed by atoms with Crippen LogP contribution in [0.25, 0.3) is 0 Å². The Hall–Kier alpha value is -1.30. The van der Waals surface area contributed by atoms with Crippen LogP contribution in [0.15, 0.2) is 0 Å². The summed E-state index contributed by atoms with van der Waals surface area (Å²) in [7, 11) is 0. The average Bonchev–Trinajstić information content (AvgIpc) is 2.34. The Bertz CT molecular complexity index is 235. The highest BCUT2D eigenvalue weighted by Crippen LogP contribution is 2.04. The number of quaternary nitrogens is 2. The molecule has 10 nitrogen and oxygen atoms in total. The number of carboxylic acids is 2. The van der Waals surface area contributed by atoms with Gasteiger partial charge in [-0.25, -0.2) is 0 Å². The van der Waals surface area contributed by atoms with E-state index in [-0.39, 0.29) is 0 Å². The quantitative estimate of drug-likeness (QED) is 0.271. The molecule has 4 atom stereocenters. The molecule has 0 aliphatic carbocycles. The van der Waals surface area contributed by atoms with Gasteiger partial charge in [0.05, 0.1) is 11.9 Å². The molecule has 0 radical (unpaired) electrons. The second-order valence-corrected chi connectivity index (χ2v) is 3.22. The van der Waals surface area contributed by atoms with E-state index in [9.17, 15) is 19.8 Å². The molecule has 0 aromatic carbocycles. The standard InChI is InChI=1S/C6H10O8.C2H8N2/c7-1(3(9)5(11)12)2(8)4(10)6(13)14;3-1-2-4/h1-4,7-10H,(H,11,12)(H,13,14);1-4H2/t1-,2-,3-,4+;/m0./s1. The van der Waals surface area contributed by atoms with Crippen LogP contribution in [0.3, 0.4) is 0 Å². The normalized spacial score (nSPS) is 16.8. The maximum Gasteiger partial charge on any atom is 0.124 e. The van der Waals surface area contributed by atoms with Crippen molar-refractivity contribution in [2.24, 2.45) is 0 Å². The van der Waals surface area contributed by atoms with E-state index in [1.54, 1.807) is 0 Å². The molecular formula is C8H18N2O8. The van der Waals surface area contributed by atoms with Crippen LogP contribution in [0, 0.1) is 0 Å². The first kappa shape index (κ1) is 19.0. The zero-order valence-corrected chi connectivity index (χ0v) is 9.56. The van der Waals surface area contributed by atoms with Crippen molar-refractivity contribution in [3.05, 3.63) is 0 Å². The van der Waals surface area contributed by atoms with Crippen LogP contribution in [0.4, 0.5) is 0 Å². The Labute approximate surface area is 102 Å². The summed E-state index contributed by atoms with van der Waals surface area (Å²) in [6.45, 7) is 1.92. The molecule has 0 amide bonds. The van der Waals surface area contributed by atoms with E-state index in [0.29, 0.717) is 0 Å². The fourth-order valence-corrected chi connectivity index (χ4v) is 0.652. The topological polar surface area (TPSA) is 216 Å². The molecule has 0 spiro atoms. The van der Waals surface area contributed by atoms with Gasteiger partial charge in [0.1, 0.15) is 37.5 Å². The Kier molecular flexibility index (Phi) is 10.3. The number of aliphatic hydroxyl groups excluding tert-OH is 4. The zero-order valence-electron chi connectivity index (χ0n) is 9.56. The molecule has 0 bridgehead atoms. The summed E-state index contributed by atoms with van der Waals surface area (Å²) >= 11 is 0. The maximum absolute atomic E-state index is 9.96. The van der Waals surface area contributed by atoms with Crippen molar-refractivity contribution in [3.63, 3.8) is 0 Å². The van der Waals surface area contributed by atoms with Gasteiger partial charge < -0.3 is 51.7 Å². The van der Waals surface area contributed by atoms with Gasteiger partial charge in [0.2, 0.25) is 0 Å². The molecule has 0 fully saturated rings. The third-order valence-corrected chi connectivity index (χ3v) is 1.73. The number of hydrogen-bond donors (Lipinski definition) is 6. The number of carbonyl (C=O) groups is 2. The lowest BCUT2D eigenvalue weighted by Gasteiger charge is -2.27. The highest BCUT2D eigenvalue weighted by molar-refractivity contribution is 5.72. The van der Waals surface area contributed by atoms with Gasteiger partial charge in [-0.1, -0.05) is 0 Å². The van der Waals surface area contributed by atoms with Gasteiger partial charge in [-0.2, -0.15) is 0 Å². The van der Waals surface area contributed by atoms with Crippen LogP contribution in [0.1, 0.15) is 0 Å². The molecule has 18 heavy (non-hydrogen) atoms. The zero-order chi connectivity index (χ0) is 14.9. The summed E-state index contributed by atoms with van der Waals surface area (Å²) in [6.07, 6.45) is -9.76. The van der Waals surface area contributed by atoms with Crippen LogP contribution in [0.5, 0.6) is 0 Å². The molecule has 0 aromatic heterocycles. The van der Waals surface area contributed by atoms with Crippen molar-refractivity contribution in [3.8, 4) is 0 Å². The lowest BCUT2D eigenvalue weighted by molar-refractivity contribution is -0.453. The molecule has 0 unspecified atom stereocenters. The van der Waals surface area contributed by atoms with E-state index >= 15 is 0 Å². The van der Waals surface area contributed by atoms with Gasteiger partial charge in [0, 0.05) is 0 Å². The van der Waals surface area contributed by atoms with E-state index in [2.05, 4.69) is 11.5 Å². The second-order valence-electron chi connectivity index (χ2n) is 3.22. The molecule has 0 heterocycles. The van der Waals surface area contributed by atoms with Crippen LogP contribution < -0.4 is 21.7 Å². The monoisotopic (exact) mass is 270 g/mol. The summed E-state index contributed by atoms with van der Waals surface area (Å²) in [4.78, 5) is 19.9. The number of aliphatic carboxylic acids is 2. The Morgan fingerprint density at radius 1 is 0.833 bits per heavy atom. The minimum Gasteiger partial charge on any atom is -0.547 e. The predicted octanol–water partition coefficient (Wildman–Crippen LogP) is -8.60. The van der Waals surface area contributed by atoms with E-state index in [4.69, 9.17) is 20.4 Å². The van der Waals surface area contributed by atoms with Crippen LogP contribution >= 0.6 is 0 Å². The largest absolute Gasteiger partial charge is 0.547 e. The predicted molar refractivity (Wildman–Crippen MR) is 49.6 cm³/mol. The van der Waals surface area contributed by atoms with Crippen molar-refractivity contribution >= 4 is 11.9 Å². The molecule has 0 saturated heterocycles. The van der Waals surface area contributed by atoms with E-state index in [1.807, 2.05) is 0 Å². The first-order valence-electron chi connectivity index (χ1n) is 4.93. The van der Waals surface area contributed by atoms with Gasteiger partial charge in [-0.15, -0.1) is 0 Å². The fraction of sp³-hybridized carbons (Fsp3) is 0.750. The molecule has 10 N–H and O–H groups in total. The SMILES string of the molecule is O=C([O-])[C@@H](O)[C@@H](O)[C@H](O)[C@@H](O)C(=O)[O-].[NH3+]CC[NH3+]. The van der Waals surface area contributed by atoms with Crippen LogP contribution in [0.2, 0.25) is 0 Å². The van der Waals surface area contributed by atoms with Gasteiger partial charge in [-0.3, -0.25) is 0 Å². The van der Waals surface area contributed by atoms with E-state index in [0.717, 1.165) is 13.1 Å². The third-order valence-electron chi connectivity index (χ3n) is 1.73. The number of aliphatic hydroxyl groups is 4. The molecule has 0 aliphatic heterocycles. The molecule has 0 rings (SSSR count). The minimum absolute atomic E-state index is 0.958. The summed E-state index contributed by atoms with van der Waals surface area (Å²) in [5.74, 6) is -4.22. The van der Waals surface area contributed by atoms with E-state index < -0.39 is 36.4 Å². The summed E-state index contributed by atoms with van der Waals surface area (Å²) < 4.78 is 0. The third kappa shape index (κ3) is 7.11. The summed E-state index contributed by atoms with van der Waals surface area (Å²) in [6, 6.07) is 0. The Balaban J connectivity index is 0. The molecular weight excluding hydrogens is 252 g/mol. The number of carbonyl (C=O) groups excluding carboxylic acids is 2. The van der Waals surface area contributed by atoms with Gasteiger partial charge >= 0.3 is 0 Å².